The standard InChI is InChI=1S/C28H26F2N4O2/c1-16-26-22(6-5-7-24(26)34-33-16)23-9-8-21(10-11-28(3,4)36)32-27(23)25(31-17(2)35)14-18-12-19(29)15-20(30)13-18/h5-9,12-13,15,25,36H,14H2,1-4H3,(H,31,35)(H,33,34)/t25-/m0/s1. The van der Waals surface area contributed by atoms with Gasteiger partial charge in [-0.05, 0) is 74.6 Å². The minimum Gasteiger partial charge on any atom is -0.378 e. The Balaban J connectivity index is 1.93. The van der Waals surface area contributed by atoms with Gasteiger partial charge in [0, 0.05) is 29.6 Å². The summed E-state index contributed by atoms with van der Waals surface area (Å²) in [6.45, 7) is 6.42. The van der Waals surface area contributed by atoms with Gasteiger partial charge < -0.3 is 10.4 Å². The number of aromatic nitrogens is 3. The van der Waals surface area contributed by atoms with Crippen molar-refractivity contribution in [2.75, 3.05) is 0 Å². The summed E-state index contributed by atoms with van der Waals surface area (Å²) in [5, 5.41) is 21.2. The predicted molar refractivity (Wildman–Crippen MR) is 134 cm³/mol. The number of benzene rings is 2. The lowest BCUT2D eigenvalue weighted by Crippen LogP contribution is -2.29. The highest BCUT2D eigenvalue weighted by atomic mass is 19.1. The van der Waals surface area contributed by atoms with Crippen LogP contribution in [0.4, 0.5) is 8.78 Å². The molecule has 2 aromatic heterocycles. The maximum absolute atomic E-state index is 14.0. The Hall–Kier alpha value is -4.09. The highest BCUT2D eigenvalue weighted by Crippen LogP contribution is 2.35. The summed E-state index contributed by atoms with van der Waals surface area (Å²) >= 11 is 0. The van der Waals surface area contributed by atoms with Gasteiger partial charge in [0.2, 0.25) is 5.91 Å². The second-order valence-corrected chi connectivity index (χ2v) is 9.22. The first-order valence-corrected chi connectivity index (χ1v) is 11.4. The van der Waals surface area contributed by atoms with E-state index in [2.05, 4.69) is 27.4 Å². The minimum absolute atomic E-state index is 0.0942. The van der Waals surface area contributed by atoms with E-state index in [0.29, 0.717) is 17.0 Å². The number of aryl methyl sites for hydroxylation is 1. The van der Waals surface area contributed by atoms with Crippen molar-refractivity contribution < 1.29 is 18.7 Å². The molecule has 2 heterocycles. The number of rotatable bonds is 5. The molecule has 36 heavy (non-hydrogen) atoms. The number of hydrogen-bond donors (Lipinski definition) is 3. The highest BCUT2D eigenvalue weighted by Gasteiger charge is 2.23. The summed E-state index contributed by atoms with van der Waals surface area (Å²) in [4.78, 5) is 17.0. The van der Waals surface area contributed by atoms with Gasteiger partial charge in [-0.15, -0.1) is 0 Å². The van der Waals surface area contributed by atoms with Crippen molar-refractivity contribution in [3.63, 3.8) is 0 Å². The van der Waals surface area contributed by atoms with Gasteiger partial charge in [-0.2, -0.15) is 5.10 Å². The number of aromatic amines is 1. The summed E-state index contributed by atoms with van der Waals surface area (Å²) in [6, 6.07) is 11.8. The average molecular weight is 489 g/mol. The molecule has 0 aliphatic heterocycles. The molecular weight excluding hydrogens is 462 g/mol. The van der Waals surface area contributed by atoms with Gasteiger partial charge >= 0.3 is 0 Å². The normalized spacial score (nSPS) is 12.2. The molecule has 1 atom stereocenters. The van der Waals surface area contributed by atoms with E-state index in [4.69, 9.17) is 4.98 Å². The maximum Gasteiger partial charge on any atom is 0.217 e. The Morgan fingerprint density at radius 2 is 1.86 bits per heavy atom. The van der Waals surface area contributed by atoms with Gasteiger partial charge in [0.1, 0.15) is 22.9 Å². The predicted octanol–water partition coefficient (Wildman–Crippen LogP) is 4.75. The molecule has 0 radical (unpaired) electrons. The first-order chi connectivity index (χ1) is 17.0. The second-order valence-electron chi connectivity index (χ2n) is 9.22. The Morgan fingerprint density at radius 1 is 1.14 bits per heavy atom. The van der Waals surface area contributed by atoms with Gasteiger partial charge in [0.05, 0.1) is 17.3 Å². The molecule has 0 saturated heterocycles. The lowest BCUT2D eigenvalue weighted by atomic mass is 9.92. The number of pyridine rings is 1. The number of carbonyl (C=O) groups excluding carboxylic acids is 1. The number of hydrogen-bond acceptors (Lipinski definition) is 4. The van der Waals surface area contributed by atoms with Crippen molar-refractivity contribution in [3.8, 4) is 23.0 Å². The van der Waals surface area contributed by atoms with Crippen LogP contribution in [0.15, 0.2) is 48.5 Å². The van der Waals surface area contributed by atoms with Crippen LogP contribution in [0.1, 0.15) is 49.5 Å². The van der Waals surface area contributed by atoms with Crippen molar-refractivity contribution in [1.82, 2.24) is 20.5 Å². The van der Waals surface area contributed by atoms with Crippen molar-refractivity contribution in [1.29, 1.82) is 0 Å². The fourth-order valence-electron chi connectivity index (χ4n) is 4.13. The summed E-state index contributed by atoms with van der Waals surface area (Å²) in [5.74, 6) is 3.89. The van der Waals surface area contributed by atoms with E-state index in [9.17, 15) is 18.7 Å². The van der Waals surface area contributed by atoms with Crippen molar-refractivity contribution >= 4 is 16.8 Å². The SMILES string of the molecule is CC(=O)N[C@@H](Cc1cc(F)cc(F)c1)c1nc(C#CC(C)(C)O)ccc1-c1cccc2n[nH]c(C)c12. The molecule has 184 valence electrons. The molecule has 0 saturated carbocycles. The molecule has 6 nitrogen and oxygen atoms in total. The zero-order valence-corrected chi connectivity index (χ0v) is 20.4. The number of H-pyrrole nitrogens is 1. The monoisotopic (exact) mass is 488 g/mol. The molecule has 0 aliphatic carbocycles. The largest absolute Gasteiger partial charge is 0.378 e. The number of amides is 1. The zero-order valence-electron chi connectivity index (χ0n) is 20.4. The van der Waals surface area contributed by atoms with E-state index < -0.39 is 23.3 Å². The highest BCUT2D eigenvalue weighted by molar-refractivity contribution is 5.97. The van der Waals surface area contributed by atoms with Gasteiger partial charge in [-0.1, -0.05) is 18.1 Å². The van der Waals surface area contributed by atoms with Crippen LogP contribution in [0.2, 0.25) is 0 Å². The lowest BCUT2D eigenvalue weighted by molar-refractivity contribution is -0.119. The average Bonchev–Trinajstić information content (AvgIpc) is 3.17. The molecule has 0 unspecified atom stereocenters. The quantitative estimate of drug-likeness (QED) is 0.354. The molecule has 2 aromatic carbocycles. The topological polar surface area (TPSA) is 90.9 Å². The van der Waals surface area contributed by atoms with Crippen LogP contribution < -0.4 is 5.32 Å². The molecule has 0 spiro atoms. The Morgan fingerprint density at radius 3 is 2.53 bits per heavy atom. The number of carbonyl (C=O) groups is 1. The number of nitrogens with zero attached hydrogens (tertiary/aromatic N) is 2. The molecular formula is C28H26F2N4O2. The van der Waals surface area contributed by atoms with Crippen LogP contribution in [-0.4, -0.2) is 31.8 Å². The van der Waals surface area contributed by atoms with Crippen molar-refractivity contribution in [2.45, 2.75) is 45.8 Å². The van der Waals surface area contributed by atoms with Gasteiger partial charge in [0.15, 0.2) is 0 Å². The van der Waals surface area contributed by atoms with Gasteiger partial charge in [0.25, 0.3) is 0 Å². The second kappa shape index (κ2) is 9.88. The molecule has 0 aliphatic rings. The van der Waals surface area contributed by atoms with Gasteiger partial charge in [-0.3, -0.25) is 9.89 Å². The summed E-state index contributed by atoms with van der Waals surface area (Å²) in [5.41, 5.74) is 3.18. The lowest BCUT2D eigenvalue weighted by Gasteiger charge is -2.22. The Kier molecular flexibility index (Phi) is 6.86. The third-order valence-corrected chi connectivity index (χ3v) is 5.54. The first-order valence-electron chi connectivity index (χ1n) is 11.4. The van der Waals surface area contributed by atoms with Crippen molar-refractivity contribution in [2.24, 2.45) is 0 Å². The van der Waals surface area contributed by atoms with Gasteiger partial charge in [-0.25, -0.2) is 13.8 Å². The van der Waals surface area contributed by atoms with Crippen LogP contribution in [-0.2, 0) is 11.2 Å². The van der Waals surface area contributed by atoms with Crippen molar-refractivity contribution in [3.05, 3.63) is 82.8 Å². The Bertz CT molecular complexity index is 1490. The third-order valence-electron chi connectivity index (χ3n) is 5.54. The number of nitrogens with one attached hydrogen (secondary N) is 2. The number of fused-ring (bicyclic) bond motifs is 1. The third kappa shape index (κ3) is 5.75. The smallest absolute Gasteiger partial charge is 0.217 e. The number of aliphatic hydroxyl groups is 1. The summed E-state index contributed by atoms with van der Waals surface area (Å²) in [7, 11) is 0. The van der Waals surface area contributed by atoms with Crippen LogP contribution in [0, 0.1) is 30.4 Å². The summed E-state index contributed by atoms with van der Waals surface area (Å²) < 4.78 is 27.9. The van der Waals surface area contributed by atoms with Crippen LogP contribution in [0.3, 0.4) is 0 Å². The number of halogens is 2. The molecule has 4 rings (SSSR count). The summed E-state index contributed by atoms with van der Waals surface area (Å²) in [6.07, 6.45) is 0.0942. The van der Waals surface area contributed by atoms with E-state index in [1.807, 2.05) is 31.2 Å². The van der Waals surface area contributed by atoms with E-state index >= 15 is 0 Å². The minimum atomic E-state index is -1.23. The van der Waals surface area contributed by atoms with Crippen LogP contribution in [0.25, 0.3) is 22.0 Å². The van der Waals surface area contributed by atoms with E-state index in [-0.39, 0.29) is 12.3 Å². The molecule has 0 bridgehead atoms. The molecule has 1 amide bonds. The first kappa shape index (κ1) is 25.0. The van der Waals surface area contributed by atoms with E-state index in [1.165, 1.54) is 19.1 Å². The van der Waals surface area contributed by atoms with Crippen LogP contribution in [0.5, 0.6) is 0 Å². The van der Waals surface area contributed by atoms with Crippen LogP contribution >= 0.6 is 0 Å². The zero-order chi connectivity index (χ0) is 26.0. The molecule has 8 heteroatoms. The molecule has 3 N–H and O–H groups in total. The fraction of sp³-hybridized carbons (Fsp3) is 0.250. The molecule has 0 fully saturated rings. The Labute approximate surface area is 207 Å². The maximum atomic E-state index is 14.0. The molecule has 4 aromatic rings. The van der Waals surface area contributed by atoms with E-state index in [0.717, 1.165) is 33.8 Å². The van der Waals surface area contributed by atoms with E-state index in [1.54, 1.807) is 19.9 Å². The fourth-order valence-corrected chi connectivity index (χ4v) is 4.13.